The number of benzene rings is 3. The van der Waals surface area contributed by atoms with Gasteiger partial charge >= 0.3 is 0 Å². The maximum Gasteiger partial charge on any atom is 0.241 e. The Kier molecular flexibility index (Phi) is 6.15. The first-order valence-electron chi connectivity index (χ1n) is 10.1. The molecule has 4 rings (SSSR count). The van der Waals surface area contributed by atoms with Gasteiger partial charge in [0.05, 0.1) is 5.52 Å². The fourth-order valence-electron chi connectivity index (χ4n) is 3.64. The van der Waals surface area contributed by atoms with Gasteiger partial charge in [-0.15, -0.1) is 0 Å². The molecule has 3 aromatic carbocycles. The van der Waals surface area contributed by atoms with E-state index in [1.165, 1.54) is 5.56 Å². The van der Waals surface area contributed by atoms with Crippen molar-refractivity contribution in [3.05, 3.63) is 89.4 Å². The number of amides is 1. The monoisotopic (exact) mass is 417 g/mol. The molecule has 0 unspecified atom stereocenters. The van der Waals surface area contributed by atoms with E-state index < -0.39 is 0 Å². The molecule has 0 fully saturated rings. The van der Waals surface area contributed by atoms with Crippen LogP contribution in [0.3, 0.4) is 0 Å². The fourth-order valence-corrected chi connectivity index (χ4v) is 3.81. The summed E-state index contributed by atoms with van der Waals surface area (Å²) >= 11 is 6.23. The Bertz CT molecular complexity index is 1140. The summed E-state index contributed by atoms with van der Waals surface area (Å²) in [4.78, 5) is 12.7. The number of rotatable bonds is 7. The highest BCUT2D eigenvalue weighted by Gasteiger charge is 2.16. The van der Waals surface area contributed by atoms with Crippen molar-refractivity contribution >= 4 is 28.4 Å². The molecule has 1 atom stereocenters. The molecule has 1 aromatic heterocycles. The average Bonchev–Trinajstić information content (AvgIpc) is 3.11. The van der Waals surface area contributed by atoms with Crippen molar-refractivity contribution in [2.45, 2.75) is 32.4 Å². The minimum atomic E-state index is -0.0467. The zero-order chi connectivity index (χ0) is 20.9. The molecule has 0 bridgehead atoms. The summed E-state index contributed by atoms with van der Waals surface area (Å²) in [5.41, 5.74) is 4.00. The van der Waals surface area contributed by atoms with Crippen molar-refractivity contribution in [1.29, 1.82) is 0 Å². The van der Waals surface area contributed by atoms with Crippen molar-refractivity contribution in [1.82, 2.24) is 15.1 Å². The second-order valence-corrected chi connectivity index (χ2v) is 7.96. The third kappa shape index (κ3) is 4.71. The van der Waals surface area contributed by atoms with E-state index in [2.05, 4.69) is 17.4 Å². The van der Waals surface area contributed by atoms with E-state index in [9.17, 15) is 4.79 Å². The molecule has 0 radical (unpaired) electrons. The third-order valence-corrected chi connectivity index (χ3v) is 5.40. The van der Waals surface area contributed by atoms with Crippen LogP contribution in [0.5, 0.6) is 0 Å². The van der Waals surface area contributed by atoms with E-state index in [4.69, 9.17) is 16.7 Å². The van der Waals surface area contributed by atoms with Crippen LogP contribution in [0.4, 0.5) is 0 Å². The normalized spacial score (nSPS) is 12.1. The Hall–Kier alpha value is -3.11. The summed E-state index contributed by atoms with van der Waals surface area (Å²) in [6.07, 6.45) is 1.82. The summed E-state index contributed by atoms with van der Waals surface area (Å²) in [5, 5.41) is 9.43. The summed E-state index contributed by atoms with van der Waals surface area (Å²) < 4.78 is 1.76. The smallest absolute Gasteiger partial charge is 0.241 e. The van der Waals surface area contributed by atoms with Crippen molar-refractivity contribution < 1.29 is 4.79 Å². The van der Waals surface area contributed by atoms with Crippen LogP contribution in [0.2, 0.25) is 5.02 Å². The summed E-state index contributed by atoms with van der Waals surface area (Å²) in [7, 11) is 0. The number of carbonyl (C=O) groups is 1. The molecule has 4 aromatic rings. The highest BCUT2D eigenvalue weighted by molar-refractivity contribution is 6.31. The number of hydrogen-bond donors (Lipinski definition) is 1. The molecule has 0 saturated heterocycles. The highest BCUT2D eigenvalue weighted by atomic mass is 35.5. The van der Waals surface area contributed by atoms with Gasteiger partial charge in [-0.2, -0.15) is 5.10 Å². The van der Waals surface area contributed by atoms with Crippen LogP contribution in [-0.2, 0) is 17.8 Å². The van der Waals surface area contributed by atoms with Gasteiger partial charge in [0.25, 0.3) is 0 Å². The van der Waals surface area contributed by atoms with Crippen LogP contribution in [0.1, 0.15) is 18.9 Å². The SMILES string of the molecule is C[C@@H](CCc1ccccc1)NC(=O)Cn1nc(-c2ccccc2)c2cc(Cl)ccc21. The highest BCUT2D eigenvalue weighted by Crippen LogP contribution is 2.30. The van der Waals surface area contributed by atoms with Gasteiger partial charge in [0.2, 0.25) is 5.91 Å². The van der Waals surface area contributed by atoms with Crippen molar-refractivity contribution in [3.8, 4) is 11.3 Å². The molecular weight excluding hydrogens is 394 g/mol. The van der Waals surface area contributed by atoms with Crippen molar-refractivity contribution in [2.75, 3.05) is 0 Å². The van der Waals surface area contributed by atoms with Crippen LogP contribution in [0.25, 0.3) is 22.2 Å². The lowest BCUT2D eigenvalue weighted by atomic mass is 10.1. The van der Waals surface area contributed by atoms with Crippen LogP contribution in [0.15, 0.2) is 78.9 Å². The zero-order valence-corrected chi connectivity index (χ0v) is 17.6. The fraction of sp³-hybridized carbons (Fsp3) is 0.200. The van der Waals surface area contributed by atoms with Gasteiger partial charge in [-0.05, 0) is 43.5 Å². The first-order chi connectivity index (χ1) is 14.6. The molecule has 30 heavy (non-hydrogen) atoms. The zero-order valence-electron chi connectivity index (χ0n) is 16.9. The Balaban J connectivity index is 1.48. The summed E-state index contributed by atoms with van der Waals surface area (Å²) in [5.74, 6) is -0.0467. The third-order valence-electron chi connectivity index (χ3n) is 5.17. The molecule has 1 amide bonds. The van der Waals surface area contributed by atoms with Crippen LogP contribution < -0.4 is 5.32 Å². The molecule has 0 saturated carbocycles. The Morgan fingerprint density at radius 2 is 1.73 bits per heavy atom. The number of nitrogens with one attached hydrogen (secondary N) is 1. The second-order valence-electron chi connectivity index (χ2n) is 7.53. The van der Waals surface area contributed by atoms with Crippen LogP contribution in [0, 0.1) is 0 Å². The second kappa shape index (κ2) is 9.14. The maximum absolute atomic E-state index is 12.7. The Morgan fingerprint density at radius 3 is 2.47 bits per heavy atom. The molecule has 0 aliphatic heterocycles. The minimum absolute atomic E-state index is 0.0467. The minimum Gasteiger partial charge on any atom is -0.352 e. The first kappa shape index (κ1) is 20.2. The molecule has 0 aliphatic rings. The number of aromatic nitrogens is 2. The van der Waals surface area contributed by atoms with E-state index in [0.29, 0.717) is 5.02 Å². The average molecular weight is 418 g/mol. The van der Waals surface area contributed by atoms with Crippen LogP contribution in [-0.4, -0.2) is 21.7 Å². The molecule has 0 spiro atoms. The van der Waals surface area contributed by atoms with Gasteiger partial charge in [-0.25, -0.2) is 0 Å². The largest absolute Gasteiger partial charge is 0.352 e. The number of hydrogen-bond acceptors (Lipinski definition) is 2. The van der Waals surface area contributed by atoms with Crippen molar-refractivity contribution in [2.24, 2.45) is 0 Å². The maximum atomic E-state index is 12.7. The molecule has 4 nitrogen and oxygen atoms in total. The molecule has 1 N–H and O–H groups in total. The van der Waals surface area contributed by atoms with Gasteiger partial charge in [0, 0.05) is 22.0 Å². The predicted octanol–water partition coefficient (Wildman–Crippen LogP) is 5.49. The van der Waals surface area contributed by atoms with Gasteiger partial charge in [-0.1, -0.05) is 72.3 Å². The van der Waals surface area contributed by atoms with E-state index >= 15 is 0 Å². The lowest BCUT2D eigenvalue weighted by Crippen LogP contribution is -2.35. The van der Waals surface area contributed by atoms with Gasteiger partial charge in [0.15, 0.2) is 0 Å². The standard InChI is InChI=1S/C25H24ClN3O/c1-18(12-13-19-8-4-2-5-9-19)27-24(30)17-29-23-15-14-21(26)16-22(23)25(28-29)20-10-6-3-7-11-20/h2-11,14-16,18H,12-13,17H2,1H3,(H,27,30)/t18-/m0/s1. The number of carbonyl (C=O) groups excluding carboxylic acids is 1. The quantitative estimate of drug-likeness (QED) is 0.432. The van der Waals surface area contributed by atoms with E-state index in [-0.39, 0.29) is 18.5 Å². The molecular formula is C25H24ClN3O. The number of fused-ring (bicyclic) bond motifs is 1. The predicted molar refractivity (Wildman–Crippen MR) is 123 cm³/mol. The van der Waals surface area contributed by atoms with E-state index in [1.54, 1.807) is 4.68 Å². The lowest BCUT2D eigenvalue weighted by Gasteiger charge is -2.14. The Labute approximate surface area is 181 Å². The number of halogens is 1. The summed E-state index contributed by atoms with van der Waals surface area (Å²) in [6.45, 7) is 2.21. The molecule has 5 heteroatoms. The van der Waals surface area contributed by atoms with Crippen molar-refractivity contribution in [3.63, 3.8) is 0 Å². The Morgan fingerprint density at radius 1 is 1.03 bits per heavy atom. The van der Waals surface area contributed by atoms with E-state index in [1.807, 2.05) is 73.7 Å². The van der Waals surface area contributed by atoms with Gasteiger partial charge in [-0.3, -0.25) is 9.48 Å². The lowest BCUT2D eigenvalue weighted by molar-refractivity contribution is -0.122. The number of nitrogens with zero attached hydrogens (tertiary/aromatic N) is 2. The molecule has 1 heterocycles. The molecule has 0 aliphatic carbocycles. The first-order valence-corrected chi connectivity index (χ1v) is 10.5. The summed E-state index contributed by atoms with van der Waals surface area (Å²) in [6, 6.07) is 26.0. The van der Waals surface area contributed by atoms with Crippen LogP contribution >= 0.6 is 11.6 Å². The van der Waals surface area contributed by atoms with E-state index in [0.717, 1.165) is 35.0 Å². The van der Waals surface area contributed by atoms with Gasteiger partial charge in [0.1, 0.15) is 12.2 Å². The topological polar surface area (TPSA) is 46.9 Å². The van der Waals surface area contributed by atoms with Gasteiger partial charge < -0.3 is 5.32 Å². The number of aryl methyl sites for hydroxylation is 1. The molecule has 152 valence electrons.